The number of furan rings is 1. The van der Waals surface area contributed by atoms with E-state index in [-0.39, 0.29) is 0 Å². The van der Waals surface area contributed by atoms with Crippen molar-refractivity contribution in [1.29, 1.82) is 0 Å². The molecule has 3 aromatic heterocycles. The van der Waals surface area contributed by atoms with Crippen LogP contribution in [0.15, 0.2) is 205 Å². The average Bonchev–Trinajstić information content (AvgIpc) is 3.96. The van der Waals surface area contributed by atoms with Crippen LogP contribution in [0, 0.1) is 0 Å². The summed E-state index contributed by atoms with van der Waals surface area (Å²) in [7, 11) is 0. The highest BCUT2D eigenvalue weighted by atomic mass is 32.1. The Balaban J connectivity index is 1.14. The first-order valence-electron chi connectivity index (χ1n) is 19.4. The maximum absolute atomic E-state index is 6.59. The summed E-state index contributed by atoms with van der Waals surface area (Å²) in [6.07, 6.45) is 0. The SMILES string of the molecule is c1ccc(-c2ccc3c(c2)c2cc(-c4ccccc4)ccc2n3-c2cccc3c2sc2c(-c4ccccc4)cc(-c4cccc5c4oc4ccccc45)cc23)cc1. The number of para-hydroxylation sites is 2. The van der Waals surface area contributed by atoms with Gasteiger partial charge in [0.15, 0.2) is 0 Å². The third-order valence-electron chi connectivity index (χ3n) is 11.6. The van der Waals surface area contributed by atoms with Gasteiger partial charge in [-0.25, -0.2) is 0 Å². The predicted octanol–water partition coefficient (Wildman–Crippen LogP) is 15.7. The molecule has 0 fully saturated rings. The largest absolute Gasteiger partial charge is 0.455 e. The van der Waals surface area contributed by atoms with Gasteiger partial charge in [-0.3, -0.25) is 0 Å². The fourth-order valence-corrected chi connectivity index (χ4v) is 10.2. The van der Waals surface area contributed by atoms with Crippen LogP contribution < -0.4 is 0 Å². The second-order valence-electron chi connectivity index (χ2n) is 14.8. The van der Waals surface area contributed by atoms with Crippen LogP contribution in [0.5, 0.6) is 0 Å². The molecule has 0 bridgehead atoms. The zero-order valence-electron chi connectivity index (χ0n) is 30.8. The molecule has 3 heterocycles. The van der Waals surface area contributed by atoms with E-state index < -0.39 is 0 Å². The molecule has 266 valence electrons. The van der Waals surface area contributed by atoms with Crippen LogP contribution in [-0.4, -0.2) is 4.57 Å². The van der Waals surface area contributed by atoms with E-state index in [1.165, 1.54) is 81.0 Å². The quantitative estimate of drug-likeness (QED) is 0.172. The molecule has 0 aliphatic carbocycles. The Kier molecular flexibility index (Phi) is 7.13. The van der Waals surface area contributed by atoms with Gasteiger partial charge in [0, 0.05) is 48.1 Å². The molecule has 57 heavy (non-hydrogen) atoms. The van der Waals surface area contributed by atoms with Gasteiger partial charge in [-0.1, -0.05) is 152 Å². The highest BCUT2D eigenvalue weighted by Crippen LogP contribution is 2.47. The number of nitrogens with zero attached hydrogens (tertiary/aromatic N) is 1. The molecule has 0 aliphatic rings. The van der Waals surface area contributed by atoms with E-state index in [1.54, 1.807) is 0 Å². The lowest BCUT2D eigenvalue weighted by molar-refractivity contribution is 0.670. The summed E-state index contributed by atoms with van der Waals surface area (Å²) in [4.78, 5) is 0. The van der Waals surface area contributed by atoms with Crippen molar-refractivity contribution in [3.8, 4) is 50.2 Å². The molecular formula is C54H33NOS. The molecule has 0 atom stereocenters. The molecule has 0 unspecified atom stereocenters. The molecule has 9 aromatic carbocycles. The molecule has 0 aliphatic heterocycles. The van der Waals surface area contributed by atoms with Crippen LogP contribution in [0.3, 0.4) is 0 Å². The molecule has 0 radical (unpaired) electrons. The lowest BCUT2D eigenvalue weighted by Crippen LogP contribution is -1.94. The van der Waals surface area contributed by atoms with Gasteiger partial charge in [-0.05, 0) is 81.9 Å². The number of hydrogen-bond acceptors (Lipinski definition) is 2. The third kappa shape index (κ3) is 5.03. The highest BCUT2D eigenvalue weighted by Gasteiger charge is 2.21. The number of aromatic nitrogens is 1. The van der Waals surface area contributed by atoms with Gasteiger partial charge in [0.05, 0.1) is 21.4 Å². The molecule has 0 saturated heterocycles. The molecule has 0 N–H and O–H groups in total. The van der Waals surface area contributed by atoms with E-state index in [0.717, 1.165) is 33.1 Å². The summed E-state index contributed by atoms with van der Waals surface area (Å²) in [5.74, 6) is 0. The van der Waals surface area contributed by atoms with Crippen molar-refractivity contribution in [1.82, 2.24) is 4.57 Å². The minimum Gasteiger partial charge on any atom is -0.455 e. The summed E-state index contributed by atoms with van der Waals surface area (Å²) >= 11 is 1.89. The van der Waals surface area contributed by atoms with Crippen molar-refractivity contribution in [2.45, 2.75) is 0 Å². The van der Waals surface area contributed by atoms with Crippen molar-refractivity contribution < 1.29 is 4.42 Å². The topological polar surface area (TPSA) is 18.1 Å². The van der Waals surface area contributed by atoms with Crippen molar-refractivity contribution in [2.24, 2.45) is 0 Å². The van der Waals surface area contributed by atoms with Crippen molar-refractivity contribution >= 4 is 75.3 Å². The molecule has 0 amide bonds. The molecule has 12 aromatic rings. The molecular weight excluding hydrogens is 711 g/mol. The molecule has 0 saturated carbocycles. The Morgan fingerprint density at radius 2 is 0.895 bits per heavy atom. The van der Waals surface area contributed by atoms with Crippen molar-refractivity contribution in [3.05, 3.63) is 200 Å². The first kappa shape index (κ1) is 32.1. The van der Waals surface area contributed by atoms with Crippen LogP contribution in [0.2, 0.25) is 0 Å². The van der Waals surface area contributed by atoms with Gasteiger partial charge in [0.1, 0.15) is 11.2 Å². The van der Waals surface area contributed by atoms with E-state index in [0.29, 0.717) is 0 Å². The van der Waals surface area contributed by atoms with Crippen LogP contribution in [-0.2, 0) is 0 Å². The summed E-state index contributed by atoms with van der Waals surface area (Å²) in [5, 5.41) is 7.27. The minimum atomic E-state index is 0.910. The van der Waals surface area contributed by atoms with Crippen LogP contribution in [0.4, 0.5) is 0 Å². The molecule has 3 heteroatoms. The normalized spacial score (nSPS) is 11.9. The lowest BCUT2D eigenvalue weighted by atomic mass is 9.95. The van der Waals surface area contributed by atoms with Crippen LogP contribution >= 0.6 is 11.3 Å². The third-order valence-corrected chi connectivity index (χ3v) is 12.9. The van der Waals surface area contributed by atoms with E-state index >= 15 is 0 Å². The van der Waals surface area contributed by atoms with E-state index in [9.17, 15) is 0 Å². The Morgan fingerprint density at radius 3 is 1.58 bits per heavy atom. The Bertz CT molecular complexity index is 3400. The summed E-state index contributed by atoms with van der Waals surface area (Å²) < 4.78 is 11.6. The second kappa shape index (κ2) is 12.7. The van der Waals surface area contributed by atoms with E-state index in [1.807, 2.05) is 17.4 Å². The maximum Gasteiger partial charge on any atom is 0.143 e. The summed E-state index contributed by atoms with van der Waals surface area (Å²) in [6.45, 7) is 0. The van der Waals surface area contributed by atoms with Crippen molar-refractivity contribution in [3.63, 3.8) is 0 Å². The molecule has 12 rings (SSSR count). The second-order valence-corrected chi connectivity index (χ2v) is 15.9. The fraction of sp³-hybridized carbons (Fsp3) is 0. The zero-order chi connectivity index (χ0) is 37.5. The lowest BCUT2D eigenvalue weighted by Gasteiger charge is -2.10. The standard InChI is InChI=1S/C54H33NOS/c1-4-14-34(15-5-1)37-26-28-48-45(30-37)46-31-38(35-16-6-2-7-17-35)27-29-49(46)55(48)50-24-13-23-43-47-33-39(32-44(53(47)57-54(43)50)36-18-8-3-9-19-36)40-21-12-22-42-41-20-10-11-25-51(41)56-52(40)42/h1-33H. The average molecular weight is 744 g/mol. The smallest absolute Gasteiger partial charge is 0.143 e. The van der Waals surface area contributed by atoms with Gasteiger partial charge < -0.3 is 8.98 Å². The van der Waals surface area contributed by atoms with Gasteiger partial charge in [-0.15, -0.1) is 11.3 Å². The van der Waals surface area contributed by atoms with Crippen LogP contribution in [0.25, 0.3) is 114 Å². The predicted molar refractivity (Wildman–Crippen MR) is 243 cm³/mol. The van der Waals surface area contributed by atoms with Crippen LogP contribution in [0.1, 0.15) is 0 Å². The van der Waals surface area contributed by atoms with E-state index in [4.69, 9.17) is 4.42 Å². The van der Waals surface area contributed by atoms with Gasteiger partial charge in [-0.2, -0.15) is 0 Å². The summed E-state index contributed by atoms with van der Waals surface area (Å²) in [6, 6.07) is 72.6. The number of thiophene rings is 1. The number of rotatable bonds is 5. The fourth-order valence-electron chi connectivity index (χ4n) is 8.93. The monoisotopic (exact) mass is 743 g/mol. The van der Waals surface area contributed by atoms with Gasteiger partial charge in [0.25, 0.3) is 0 Å². The molecule has 0 spiro atoms. The first-order valence-corrected chi connectivity index (χ1v) is 20.2. The Morgan fingerprint density at radius 1 is 0.333 bits per heavy atom. The number of benzene rings is 9. The minimum absolute atomic E-state index is 0.910. The number of fused-ring (bicyclic) bond motifs is 9. The van der Waals surface area contributed by atoms with E-state index in [2.05, 4.69) is 199 Å². The number of hydrogen-bond donors (Lipinski definition) is 0. The molecule has 2 nitrogen and oxygen atoms in total. The summed E-state index contributed by atoms with van der Waals surface area (Å²) in [5.41, 5.74) is 15.0. The first-order chi connectivity index (χ1) is 28.3. The Hall–Kier alpha value is -7.20. The highest BCUT2D eigenvalue weighted by molar-refractivity contribution is 7.26. The maximum atomic E-state index is 6.59. The van der Waals surface area contributed by atoms with Gasteiger partial charge >= 0.3 is 0 Å². The van der Waals surface area contributed by atoms with Gasteiger partial charge in [0.2, 0.25) is 0 Å². The zero-order valence-corrected chi connectivity index (χ0v) is 31.6. The van der Waals surface area contributed by atoms with Crippen molar-refractivity contribution in [2.75, 3.05) is 0 Å². The Labute approximate surface area is 333 Å².